The molecule has 0 aliphatic carbocycles. The summed E-state index contributed by atoms with van der Waals surface area (Å²) in [6.07, 6.45) is 2.13. The van der Waals surface area contributed by atoms with E-state index in [0.717, 1.165) is 0 Å². The molecule has 7 heteroatoms. The number of rotatable bonds is 3. The molecule has 7 nitrogen and oxygen atoms in total. The molecule has 1 amide bonds. The monoisotopic (exact) mass is 264 g/mol. The standard InChI is InChI=1S/C12H16N4O3/c1-16-6-4-8(11(16)17)15-10-9(13)7(3-5-14-10)12(18)19-2/h3,5,8H,4,6,13H2,1-2H3,(H,14,15). The summed E-state index contributed by atoms with van der Waals surface area (Å²) in [5.41, 5.74) is 6.29. The molecule has 19 heavy (non-hydrogen) atoms. The van der Waals surface area contributed by atoms with Gasteiger partial charge in [0, 0.05) is 19.8 Å². The number of anilines is 2. The molecular weight excluding hydrogens is 248 g/mol. The number of carbonyl (C=O) groups excluding carboxylic acids is 2. The van der Waals surface area contributed by atoms with Crippen molar-refractivity contribution < 1.29 is 14.3 Å². The highest BCUT2D eigenvalue weighted by atomic mass is 16.5. The van der Waals surface area contributed by atoms with Crippen molar-refractivity contribution in [2.24, 2.45) is 0 Å². The molecule has 1 aromatic heterocycles. The fourth-order valence-corrected chi connectivity index (χ4v) is 2.00. The maximum Gasteiger partial charge on any atom is 0.340 e. The first-order valence-electron chi connectivity index (χ1n) is 5.89. The van der Waals surface area contributed by atoms with E-state index < -0.39 is 5.97 Å². The molecule has 1 unspecified atom stereocenters. The summed E-state index contributed by atoms with van der Waals surface area (Å²) in [7, 11) is 3.02. The molecule has 0 aromatic carbocycles. The van der Waals surface area contributed by atoms with E-state index in [4.69, 9.17) is 5.73 Å². The van der Waals surface area contributed by atoms with Crippen LogP contribution in [0.5, 0.6) is 0 Å². The van der Waals surface area contributed by atoms with Crippen LogP contribution in [0.1, 0.15) is 16.8 Å². The Morgan fingerprint density at radius 2 is 2.37 bits per heavy atom. The van der Waals surface area contributed by atoms with Crippen molar-refractivity contribution in [2.75, 3.05) is 31.8 Å². The number of methoxy groups -OCH3 is 1. The lowest BCUT2D eigenvalue weighted by Gasteiger charge is -2.15. The average Bonchev–Trinajstić information content (AvgIpc) is 2.72. The number of ether oxygens (including phenoxy) is 1. The maximum atomic E-state index is 11.8. The Kier molecular flexibility index (Phi) is 3.55. The molecule has 0 saturated carbocycles. The van der Waals surface area contributed by atoms with Gasteiger partial charge in [-0.2, -0.15) is 0 Å². The first-order chi connectivity index (χ1) is 9.04. The third kappa shape index (κ3) is 2.44. The van der Waals surface area contributed by atoms with Crippen LogP contribution in [0.25, 0.3) is 0 Å². The van der Waals surface area contributed by atoms with Gasteiger partial charge in [-0.05, 0) is 12.5 Å². The molecule has 3 N–H and O–H groups in total. The van der Waals surface area contributed by atoms with E-state index in [-0.39, 0.29) is 23.2 Å². The summed E-state index contributed by atoms with van der Waals surface area (Å²) < 4.78 is 4.63. The van der Waals surface area contributed by atoms with Gasteiger partial charge in [0.15, 0.2) is 5.82 Å². The number of hydrogen-bond acceptors (Lipinski definition) is 6. The summed E-state index contributed by atoms with van der Waals surface area (Å²) in [4.78, 5) is 29.0. The molecule has 102 valence electrons. The Morgan fingerprint density at radius 3 is 2.95 bits per heavy atom. The van der Waals surface area contributed by atoms with Crippen LogP contribution in [0.3, 0.4) is 0 Å². The lowest BCUT2D eigenvalue weighted by Crippen LogP contribution is -2.31. The fourth-order valence-electron chi connectivity index (χ4n) is 2.00. The second-order valence-electron chi connectivity index (χ2n) is 4.36. The zero-order valence-electron chi connectivity index (χ0n) is 10.8. The van der Waals surface area contributed by atoms with Gasteiger partial charge in [0.05, 0.1) is 18.4 Å². The zero-order chi connectivity index (χ0) is 14.0. The topological polar surface area (TPSA) is 97.5 Å². The number of likely N-dealkylation sites (tertiary alicyclic amines) is 1. The van der Waals surface area contributed by atoms with E-state index in [2.05, 4.69) is 15.0 Å². The van der Waals surface area contributed by atoms with Crippen molar-refractivity contribution >= 4 is 23.4 Å². The van der Waals surface area contributed by atoms with E-state index in [0.29, 0.717) is 18.8 Å². The highest BCUT2D eigenvalue weighted by Gasteiger charge is 2.30. The SMILES string of the molecule is COC(=O)c1ccnc(NC2CCN(C)C2=O)c1N. The Balaban J connectivity index is 2.22. The van der Waals surface area contributed by atoms with Crippen LogP contribution >= 0.6 is 0 Å². The van der Waals surface area contributed by atoms with Crippen molar-refractivity contribution in [1.29, 1.82) is 0 Å². The molecule has 1 fully saturated rings. The van der Waals surface area contributed by atoms with Gasteiger partial charge in [0.1, 0.15) is 6.04 Å². The maximum absolute atomic E-state index is 11.8. The number of carbonyl (C=O) groups is 2. The van der Waals surface area contributed by atoms with Crippen molar-refractivity contribution in [1.82, 2.24) is 9.88 Å². The van der Waals surface area contributed by atoms with Crippen LogP contribution in [-0.2, 0) is 9.53 Å². The molecule has 1 aliphatic heterocycles. The van der Waals surface area contributed by atoms with Gasteiger partial charge < -0.3 is 20.7 Å². The minimum absolute atomic E-state index is 0.00956. The number of aromatic nitrogens is 1. The van der Waals surface area contributed by atoms with Gasteiger partial charge in [0.2, 0.25) is 5.91 Å². The quantitative estimate of drug-likeness (QED) is 0.751. The van der Waals surface area contributed by atoms with Gasteiger partial charge in [-0.25, -0.2) is 9.78 Å². The minimum Gasteiger partial charge on any atom is -0.465 e. The smallest absolute Gasteiger partial charge is 0.340 e. The van der Waals surface area contributed by atoms with Crippen molar-refractivity contribution in [2.45, 2.75) is 12.5 Å². The van der Waals surface area contributed by atoms with Crippen LogP contribution < -0.4 is 11.1 Å². The second-order valence-corrected chi connectivity index (χ2v) is 4.36. The lowest BCUT2D eigenvalue weighted by atomic mass is 10.2. The average molecular weight is 264 g/mol. The molecule has 1 aromatic rings. The van der Waals surface area contributed by atoms with E-state index >= 15 is 0 Å². The number of nitrogens with one attached hydrogen (secondary N) is 1. The fraction of sp³-hybridized carbons (Fsp3) is 0.417. The number of nitrogens with zero attached hydrogens (tertiary/aromatic N) is 2. The van der Waals surface area contributed by atoms with Crippen molar-refractivity contribution in [3.8, 4) is 0 Å². The van der Waals surface area contributed by atoms with Crippen LogP contribution in [0.2, 0.25) is 0 Å². The first kappa shape index (κ1) is 13.1. The molecule has 2 heterocycles. The second kappa shape index (κ2) is 5.13. The molecule has 0 bridgehead atoms. The van der Waals surface area contributed by atoms with Crippen LogP contribution in [0.15, 0.2) is 12.3 Å². The Morgan fingerprint density at radius 1 is 1.63 bits per heavy atom. The molecule has 1 atom stereocenters. The summed E-state index contributed by atoms with van der Waals surface area (Å²) in [6, 6.07) is 1.13. The van der Waals surface area contributed by atoms with E-state index in [1.165, 1.54) is 19.4 Å². The van der Waals surface area contributed by atoms with Crippen LogP contribution in [0.4, 0.5) is 11.5 Å². The number of pyridine rings is 1. The van der Waals surface area contributed by atoms with Gasteiger partial charge in [-0.15, -0.1) is 0 Å². The van der Waals surface area contributed by atoms with Gasteiger partial charge in [0.25, 0.3) is 0 Å². The minimum atomic E-state index is -0.530. The third-order valence-electron chi connectivity index (χ3n) is 3.13. The molecule has 0 radical (unpaired) electrons. The lowest BCUT2D eigenvalue weighted by molar-refractivity contribution is -0.127. The number of nitrogens with two attached hydrogens (primary N) is 1. The number of amides is 1. The Labute approximate surface area is 110 Å². The van der Waals surface area contributed by atoms with E-state index in [1.54, 1.807) is 11.9 Å². The number of likely N-dealkylation sites (N-methyl/N-ethyl adjacent to an activating group) is 1. The number of hydrogen-bond donors (Lipinski definition) is 2. The Hall–Kier alpha value is -2.31. The van der Waals surface area contributed by atoms with Crippen molar-refractivity contribution in [3.05, 3.63) is 17.8 Å². The van der Waals surface area contributed by atoms with Crippen LogP contribution in [-0.4, -0.2) is 48.5 Å². The largest absolute Gasteiger partial charge is 0.465 e. The molecule has 2 rings (SSSR count). The van der Waals surface area contributed by atoms with Crippen LogP contribution in [0, 0.1) is 0 Å². The summed E-state index contributed by atoms with van der Waals surface area (Å²) >= 11 is 0. The summed E-state index contributed by atoms with van der Waals surface area (Å²) in [5.74, 6) is -0.209. The van der Waals surface area contributed by atoms with Gasteiger partial charge >= 0.3 is 5.97 Å². The summed E-state index contributed by atoms with van der Waals surface area (Å²) in [5, 5.41) is 2.97. The van der Waals surface area contributed by atoms with Gasteiger partial charge in [-0.3, -0.25) is 4.79 Å². The molecule has 0 spiro atoms. The predicted octanol–water partition coefficient (Wildman–Crippen LogP) is 0.0930. The molecular formula is C12H16N4O3. The van der Waals surface area contributed by atoms with E-state index in [9.17, 15) is 9.59 Å². The molecule has 1 aliphatic rings. The zero-order valence-corrected chi connectivity index (χ0v) is 10.8. The highest BCUT2D eigenvalue weighted by molar-refractivity contribution is 5.98. The Bertz CT molecular complexity index is 518. The first-order valence-corrected chi connectivity index (χ1v) is 5.89. The number of esters is 1. The summed E-state index contributed by atoms with van der Waals surface area (Å²) in [6.45, 7) is 0.688. The van der Waals surface area contributed by atoms with Gasteiger partial charge in [-0.1, -0.05) is 0 Å². The van der Waals surface area contributed by atoms with E-state index in [1.807, 2.05) is 0 Å². The normalized spacial score (nSPS) is 18.5. The number of nitrogen functional groups attached to an aromatic ring is 1. The third-order valence-corrected chi connectivity index (χ3v) is 3.13. The van der Waals surface area contributed by atoms with Crippen molar-refractivity contribution in [3.63, 3.8) is 0 Å². The molecule has 1 saturated heterocycles. The predicted molar refractivity (Wildman–Crippen MR) is 69.7 cm³/mol. The highest BCUT2D eigenvalue weighted by Crippen LogP contribution is 2.23.